The predicted octanol–water partition coefficient (Wildman–Crippen LogP) is 9.58. The maximum atomic E-state index is 2.39. The number of hydrogen-bond acceptors (Lipinski definition) is 0. The minimum atomic E-state index is 0.460. The molecule has 0 amide bonds. The molecule has 0 atom stereocenters. The van der Waals surface area contributed by atoms with Crippen molar-refractivity contribution < 1.29 is 0 Å². The first kappa shape index (κ1) is 26.5. The average Bonchev–Trinajstić information content (AvgIpc) is 2.85. The molecule has 4 saturated carbocycles. The molecule has 2 aromatic carbocycles. The van der Waals surface area contributed by atoms with E-state index in [1.807, 2.05) is 55.4 Å². The zero-order valence-corrected chi connectivity index (χ0v) is 21.2. The Morgan fingerprint density at radius 3 is 1.10 bits per heavy atom. The summed E-state index contributed by atoms with van der Waals surface area (Å²) in [5, 5.41) is 0. The molecular formula is C30H48. The van der Waals surface area contributed by atoms with Gasteiger partial charge in [-0.3, -0.25) is 0 Å². The second-order valence-electron chi connectivity index (χ2n) is 8.25. The van der Waals surface area contributed by atoms with Crippen LogP contribution in [0.1, 0.15) is 105 Å². The van der Waals surface area contributed by atoms with Crippen LogP contribution in [-0.4, -0.2) is 0 Å². The van der Waals surface area contributed by atoms with Gasteiger partial charge in [-0.05, 0) is 72.3 Å². The van der Waals surface area contributed by atoms with E-state index in [0.717, 1.165) is 11.8 Å². The van der Waals surface area contributed by atoms with Crippen molar-refractivity contribution in [1.29, 1.82) is 0 Å². The Bertz CT molecular complexity index is 598. The van der Waals surface area contributed by atoms with E-state index in [1.165, 1.54) is 38.5 Å². The van der Waals surface area contributed by atoms with Crippen LogP contribution < -0.4 is 0 Å². The van der Waals surface area contributed by atoms with Gasteiger partial charge in [-0.15, -0.1) is 0 Å². The fraction of sp³-hybridized carbons (Fsp3) is 0.600. The molecule has 0 aliphatic heterocycles. The van der Waals surface area contributed by atoms with Gasteiger partial charge in [-0.25, -0.2) is 0 Å². The standard InChI is InChI=1S/C22H24.4C2H6/c1-3-7-19(8-4-1)21-12-17-11-18(13-21)15-22(14-17,16-21)20-9-5-2-6-10-20;4*1-2/h1-10,17-18H,11-16H2;4*1-2H3. The highest BCUT2D eigenvalue weighted by Crippen LogP contribution is 2.66. The van der Waals surface area contributed by atoms with Gasteiger partial charge in [-0.1, -0.05) is 116 Å². The SMILES string of the molecule is CC.CC.CC.CC.c1ccc(C23CC4CC(C2)CC(c2ccccc2)(C4)C3)cc1. The fourth-order valence-electron chi connectivity index (χ4n) is 6.52. The second kappa shape index (κ2) is 13.0. The summed E-state index contributed by atoms with van der Waals surface area (Å²) in [6.45, 7) is 16.0. The van der Waals surface area contributed by atoms with Gasteiger partial charge >= 0.3 is 0 Å². The molecule has 4 fully saturated rings. The Kier molecular flexibility index (Phi) is 11.5. The molecule has 0 radical (unpaired) electrons. The van der Waals surface area contributed by atoms with Gasteiger partial charge in [-0.2, -0.15) is 0 Å². The smallest absolute Gasteiger partial charge is 0.00332 e. The highest BCUT2D eigenvalue weighted by atomic mass is 14.6. The molecule has 0 aromatic heterocycles. The molecule has 6 rings (SSSR count). The summed E-state index contributed by atoms with van der Waals surface area (Å²) in [6, 6.07) is 22.9. The molecule has 0 saturated heterocycles. The van der Waals surface area contributed by atoms with Crippen LogP contribution in [0.25, 0.3) is 0 Å². The minimum absolute atomic E-state index is 0.460. The predicted molar refractivity (Wildman–Crippen MR) is 136 cm³/mol. The quantitative estimate of drug-likeness (QED) is 0.464. The molecule has 2 aromatic rings. The molecular weight excluding hydrogens is 360 g/mol. The third-order valence-corrected chi connectivity index (χ3v) is 6.83. The topological polar surface area (TPSA) is 0 Å². The Labute approximate surface area is 188 Å². The molecule has 0 heteroatoms. The lowest BCUT2D eigenvalue weighted by molar-refractivity contribution is -0.0281. The largest absolute Gasteiger partial charge is 0.0683 e. The molecule has 30 heavy (non-hydrogen) atoms. The lowest BCUT2D eigenvalue weighted by Gasteiger charge is -2.62. The summed E-state index contributed by atoms with van der Waals surface area (Å²) in [5.74, 6) is 1.89. The first-order valence-corrected chi connectivity index (χ1v) is 12.9. The Morgan fingerprint density at radius 1 is 0.500 bits per heavy atom. The van der Waals surface area contributed by atoms with Gasteiger partial charge in [0.05, 0.1) is 0 Å². The molecule has 168 valence electrons. The Hall–Kier alpha value is -1.56. The number of hydrogen-bond donors (Lipinski definition) is 0. The molecule has 4 bridgehead atoms. The molecule has 4 aliphatic rings. The summed E-state index contributed by atoms with van der Waals surface area (Å²) < 4.78 is 0. The normalized spacial score (nSPS) is 29.5. The molecule has 0 spiro atoms. The van der Waals surface area contributed by atoms with E-state index in [-0.39, 0.29) is 0 Å². The van der Waals surface area contributed by atoms with Crippen molar-refractivity contribution in [3.8, 4) is 0 Å². The summed E-state index contributed by atoms with van der Waals surface area (Å²) in [5.41, 5.74) is 4.15. The number of benzene rings is 2. The molecule has 4 aliphatic carbocycles. The second-order valence-corrected chi connectivity index (χ2v) is 8.25. The maximum absolute atomic E-state index is 2.39. The molecule has 0 unspecified atom stereocenters. The van der Waals surface area contributed by atoms with Crippen LogP contribution in [-0.2, 0) is 10.8 Å². The fourth-order valence-corrected chi connectivity index (χ4v) is 6.52. The van der Waals surface area contributed by atoms with Crippen LogP contribution in [0, 0.1) is 11.8 Å². The van der Waals surface area contributed by atoms with E-state index in [4.69, 9.17) is 0 Å². The average molecular weight is 409 g/mol. The van der Waals surface area contributed by atoms with Gasteiger partial charge < -0.3 is 0 Å². The van der Waals surface area contributed by atoms with Gasteiger partial charge in [0, 0.05) is 0 Å². The number of rotatable bonds is 2. The van der Waals surface area contributed by atoms with Crippen LogP contribution in [0.4, 0.5) is 0 Å². The lowest BCUT2D eigenvalue weighted by atomic mass is 9.42. The van der Waals surface area contributed by atoms with Crippen molar-refractivity contribution in [3.63, 3.8) is 0 Å². The van der Waals surface area contributed by atoms with Crippen LogP contribution >= 0.6 is 0 Å². The van der Waals surface area contributed by atoms with Gasteiger partial charge in [0.15, 0.2) is 0 Å². The van der Waals surface area contributed by atoms with E-state index in [2.05, 4.69) is 60.7 Å². The summed E-state index contributed by atoms with van der Waals surface area (Å²) in [7, 11) is 0. The van der Waals surface area contributed by atoms with Crippen molar-refractivity contribution >= 4 is 0 Å². The third kappa shape index (κ3) is 5.37. The van der Waals surface area contributed by atoms with Crippen molar-refractivity contribution in [3.05, 3.63) is 71.8 Å². The zero-order chi connectivity index (χ0) is 22.6. The summed E-state index contributed by atoms with van der Waals surface area (Å²) in [4.78, 5) is 0. The van der Waals surface area contributed by atoms with Gasteiger partial charge in [0.1, 0.15) is 0 Å². The van der Waals surface area contributed by atoms with Gasteiger partial charge in [0.25, 0.3) is 0 Å². The maximum Gasteiger partial charge on any atom is -0.00332 e. The summed E-state index contributed by atoms with van der Waals surface area (Å²) in [6.07, 6.45) is 8.60. The molecule has 0 nitrogen and oxygen atoms in total. The highest BCUT2D eigenvalue weighted by molar-refractivity contribution is 5.37. The van der Waals surface area contributed by atoms with Crippen molar-refractivity contribution in [2.75, 3.05) is 0 Å². The molecule has 0 N–H and O–H groups in total. The van der Waals surface area contributed by atoms with E-state index in [1.54, 1.807) is 11.1 Å². The van der Waals surface area contributed by atoms with Crippen LogP contribution in [0.2, 0.25) is 0 Å². The van der Waals surface area contributed by atoms with Crippen molar-refractivity contribution in [1.82, 2.24) is 0 Å². The van der Waals surface area contributed by atoms with E-state index >= 15 is 0 Å². The highest BCUT2D eigenvalue weighted by Gasteiger charge is 2.58. The Morgan fingerprint density at radius 2 is 0.800 bits per heavy atom. The van der Waals surface area contributed by atoms with Crippen molar-refractivity contribution in [2.45, 2.75) is 105 Å². The molecule has 0 heterocycles. The third-order valence-electron chi connectivity index (χ3n) is 6.83. The van der Waals surface area contributed by atoms with Crippen molar-refractivity contribution in [2.24, 2.45) is 11.8 Å². The van der Waals surface area contributed by atoms with Crippen LogP contribution in [0.3, 0.4) is 0 Å². The van der Waals surface area contributed by atoms with Crippen LogP contribution in [0.5, 0.6) is 0 Å². The van der Waals surface area contributed by atoms with E-state index in [9.17, 15) is 0 Å². The zero-order valence-electron chi connectivity index (χ0n) is 21.2. The first-order chi connectivity index (χ1) is 14.8. The van der Waals surface area contributed by atoms with E-state index < -0.39 is 0 Å². The first-order valence-electron chi connectivity index (χ1n) is 12.9. The Balaban J connectivity index is 0.000000509. The van der Waals surface area contributed by atoms with Crippen LogP contribution in [0.15, 0.2) is 60.7 Å². The summed E-state index contributed by atoms with van der Waals surface area (Å²) >= 11 is 0. The lowest BCUT2D eigenvalue weighted by Crippen LogP contribution is -2.55. The minimum Gasteiger partial charge on any atom is -0.0683 e. The van der Waals surface area contributed by atoms with Gasteiger partial charge in [0.2, 0.25) is 0 Å². The van der Waals surface area contributed by atoms with E-state index in [0.29, 0.717) is 10.8 Å². The monoisotopic (exact) mass is 408 g/mol.